The molecule has 1 aliphatic rings. The molecule has 7 heteroatoms. The zero-order valence-electron chi connectivity index (χ0n) is 13.4. The summed E-state index contributed by atoms with van der Waals surface area (Å²) >= 11 is 7.42. The Labute approximate surface area is 150 Å². The summed E-state index contributed by atoms with van der Waals surface area (Å²) in [5.41, 5.74) is 8.12. The Hall–Kier alpha value is -2.15. The molecule has 0 unspecified atom stereocenters. The molecule has 0 fully saturated rings. The standard InChI is InChI=1S/C17H18ClN5S/c1-22(2)16-13-8-3-4-9-14(13)23(20)17(21-16)15(19)24-12-7-5-6-11(18)10-12/h3-10H,19-20H2,1-2H3/b17-15+. The number of hydrazine groups is 1. The highest BCUT2D eigenvalue weighted by Crippen LogP contribution is 2.34. The molecule has 4 N–H and O–H groups in total. The number of aliphatic imine (C=N–C) groups is 1. The first-order valence-corrected chi connectivity index (χ1v) is 8.50. The number of benzene rings is 2. The smallest absolute Gasteiger partial charge is 0.180 e. The number of hydrogen-bond donors (Lipinski definition) is 2. The number of amidine groups is 1. The van der Waals surface area contributed by atoms with Gasteiger partial charge in [-0.2, -0.15) is 0 Å². The summed E-state index contributed by atoms with van der Waals surface area (Å²) in [5.74, 6) is 7.60. The fraction of sp³-hybridized carbons (Fsp3) is 0.118. The van der Waals surface area contributed by atoms with Crippen LogP contribution in [0.2, 0.25) is 5.02 Å². The van der Waals surface area contributed by atoms with Crippen molar-refractivity contribution >= 4 is 34.9 Å². The van der Waals surface area contributed by atoms with Gasteiger partial charge in [-0.25, -0.2) is 10.8 Å². The number of nitrogens with zero attached hydrogens (tertiary/aromatic N) is 3. The van der Waals surface area contributed by atoms with Gasteiger partial charge in [-0.1, -0.05) is 41.6 Å². The number of anilines is 1. The van der Waals surface area contributed by atoms with E-state index in [0.717, 1.165) is 22.0 Å². The lowest BCUT2D eigenvalue weighted by Gasteiger charge is -2.30. The van der Waals surface area contributed by atoms with Crippen LogP contribution in [0.15, 0.2) is 69.3 Å². The summed E-state index contributed by atoms with van der Waals surface area (Å²) in [5, 5.41) is 2.69. The molecule has 5 nitrogen and oxygen atoms in total. The normalized spacial score (nSPS) is 15.7. The van der Waals surface area contributed by atoms with Crippen molar-refractivity contribution in [1.82, 2.24) is 4.90 Å². The quantitative estimate of drug-likeness (QED) is 0.636. The molecular formula is C17H18ClN5S. The first kappa shape index (κ1) is 16.7. The Morgan fingerprint density at radius 1 is 1.17 bits per heavy atom. The third-order valence-corrected chi connectivity index (χ3v) is 4.64. The topological polar surface area (TPSA) is 70.9 Å². The largest absolute Gasteiger partial charge is 0.390 e. The minimum absolute atomic E-state index is 0.508. The van der Waals surface area contributed by atoms with Crippen LogP contribution in [0.1, 0.15) is 5.56 Å². The number of halogens is 1. The van der Waals surface area contributed by atoms with Crippen molar-refractivity contribution < 1.29 is 0 Å². The van der Waals surface area contributed by atoms with Crippen LogP contribution < -0.4 is 16.6 Å². The van der Waals surface area contributed by atoms with E-state index in [1.807, 2.05) is 67.5 Å². The first-order valence-electron chi connectivity index (χ1n) is 7.31. The Morgan fingerprint density at radius 3 is 2.62 bits per heavy atom. The predicted molar refractivity (Wildman–Crippen MR) is 102 cm³/mol. The molecule has 3 rings (SSSR count). The monoisotopic (exact) mass is 359 g/mol. The van der Waals surface area contributed by atoms with Gasteiger partial charge in [-0.05, 0) is 30.3 Å². The van der Waals surface area contributed by atoms with Crippen LogP contribution in [0.5, 0.6) is 0 Å². The summed E-state index contributed by atoms with van der Waals surface area (Å²) in [6, 6.07) is 15.3. The highest BCUT2D eigenvalue weighted by atomic mass is 35.5. The van der Waals surface area contributed by atoms with Gasteiger partial charge in [0.25, 0.3) is 0 Å². The first-order chi connectivity index (χ1) is 11.5. The van der Waals surface area contributed by atoms with Gasteiger partial charge in [-0.15, -0.1) is 0 Å². The summed E-state index contributed by atoms with van der Waals surface area (Å²) in [7, 11) is 3.89. The van der Waals surface area contributed by atoms with Crippen molar-refractivity contribution in [3.8, 4) is 0 Å². The summed E-state index contributed by atoms with van der Waals surface area (Å²) < 4.78 is 0. The predicted octanol–water partition coefficient (Wildman–Crippen LogP) is 3.22. The molecule has 0 radical (unpaired) electrons. The summed E-state index contributed by atoms with van der Waals surface area (Å²) in [4.78, 5) is 7.55. The third kappa shape index (κ3) is 3.21. The lowest BCUT2D eigenvalue weighted by molar-refractivity contribution is 0.618. The molecule has 0 saturated heterocycles. The fourth-order valence-electron chi connectivity index (χ4n) is 2.42. The zero-order valence-corrected chi connectivity index (χ0v) is 15.0. The van der Waals surface area contributed by atoms with Crippen LogP contribution in [-0.2, 0) is 0 Å². The second-order valence-electron chi connectivity index (χ2n) is 5.46. The van der Waals surface area contributed by atoms with E-state index in [0.29, 0.717) is 15.9 Å². The van der Waals surface area contributed by atoms with Crippen LogP contribution in [0, 0.1) is 0 Å². The second kappa shape index (κ2) is 6.76. The Balaban J connectivity index is 2.05. The maximum atomic E-state index is 6.29. The lowest BCUT2D eigenvalue weighted by atomic mass is 10.1. The van der Waals surface area contributed by atoms with Gasteiger partial charge >= 0.3 is 0 Å². The van der Waals surface area contributed by atoms with Crippen LogP contribution in [0.4, 0.5) is 5.69 Å². The maximum Gasteiger partial charge on any atom is 0.180 e. The van der Waals surface area contributed by atoms with Gasteiger partial charge in [0.05, 0.1) is 5.69 Å². The second-order valence-corrected chi connectivity index (χ2v) is 7.02. The Kier molecular flexibility index (Phi) is 4.71. The minimum atomic E-state index is 0.508. The van der Waals surface area contributed by atoms with Gasteiger partial charge in [0, 0.05) is 29.6 Å². The van der Waals surface area contributed by atoms with E-state index in [2.05, 4.69) is 4.99 Å². The van der Waals surface area contributed by atoms with Crippen LogP contribution in [0.3, 0.4) is 0 Å². The van der Waals surface area contributed by atoms with E-state index in [4.69, 9.17) is 23.2 Å². The molecule has 0 spiro atoms. The number of rotatable bonds is 2. The molecule has 2 aromatic rings. The van der Waals surface area contributed by atoms with Crippen LogP contribution in [0.25, 0.3) is 0 Å². The van der Waals surface area contributed by atoms with Crippen molar-refractivity contribution in [1.29, 1.82) is 0 Å². The average molecular weight is 360 g/mol. The number of fused-ring (bicyclic) bond motifs is 1. The van der Waals surface area contributed by atoms with E-state index in [1.165, 1.54) is 16.8 Å². The van der Waals surface area contributed by atoms with Gasteiger partial charge in [0.1, 0.15) is 10.9 Å². The molecule has 0 amide bonds. The molecule has 24 heavy (non-hydrogen) atoms. The maximum absolute atomic E-state index is 6.29. The van der Waals surface area contributed by atoms with Gasteiger partial charge < -0.3 is 10.6 Å². The average Bonchev–Trinajstić information content (AvgIpc) is 2.55. The number of nitrogens with two attached hydrogens (primary N) is 2. The zero-order chi connectivity index (χ0) is 17.3. The van der Waals surface area contributed by atoms with E-state index in [-0.39, 0.29) is 0 Å². The molecule has 1 aliphatic heterocycles. The number of thioether (sulfide) groups is 1. The molecule has 0 saturated carbocycles. The van der Waals surface area contributed by atoms with Crippen molar-refractivity contribution in [2.24, 2.45) is 16.6 Å². The molecule has 0 aliphatic carbocycles. The molecule has 0 aromatic heterocycles. The van der Waals surface area contributed by atoms with E-state index >= 15 is 0 Å². The van der Waals surface area contributed by atoms with E-state index < -0.39 is 0 Å². The van der Waals surface area contributed by atoms with Crippen LogP contribution >= 0.6 is 23.4 Å². The van der Waals surface area contributed by atoms with Crippen molar-refractivity contribution in [2.75, 3.05) is 19.1 Å². The molecular weight excluding hydrogens is 342 g/mol. The van der Waals surface area contributed by atoms with Crippen molar-refractivity contribution in [3.05, 3.63) is 70.0 Å². The van der Waals surface area contributed by atoms with E-state index in [1.54, 1.807) is 0 Å². The Bertz CT molecular complexity index is 831. The summed E-state index contributed by atoms with van der Waals surface area (Å²) in [6.45, 7) is 0. The Morgan fingerprint density at radius 2 is 1.92 bits per heavy atom. The van der Waals surface area contributed by atoms with Crippen molar-refractivity contribution in [2.45, 2.75) is 4.90 Å². The molecule has 0 atom stereocenters. The highest BCUT2D eigenvalue weighted by molar-refractivity contribution is 8.03. The fourth-order valence-corrected chi connectivity index (χ4v) is 3.50. The highest BCUT2D eigenvalue weighted by Gasteiger charge is 2.25. The van der Waals surface area contributed by atoms with E-state index in [9.17, 15) is 0 Å². The van der Waals surface area contributed by atoms with Crippen LogP contribution in [-0.4, -0.2) is 24.8 Å². The SMILES string of the molecule is CN(C)C1=N/C(=C(/N)Sc2cccc(Cl)c2)N(N)c2ccccc21. The molecule has 124 valence electrons. The molecule has 0 bridgehead atoms. The van der Waals surface area contributed by atoms with Gasteiger partial charge in [-0.3, -0.25) is 5.01 Å². The lowest BCUT2D eigenvalue weighted by Crippen LogP contribution is -2.38. The third-order valence-electron chi connectivity index (χ3n) is 3.51. The number of para-hydroxylation sites is 1. The molecule has 1 heterocycles. The van der Waals surface area contributed by atoms with Gasteiger partial charge in [0.2, 0.25) is 0 Å². The van der Waals surface area contributed by atoms with Crippen molar-refractivity contribution in [3.63, 3.8) is 0 Å². The van der Waals surface area contributed by atoms with Gasteiger partial charge in [0.15, 0.2) is 5.82 Å². The summed E-state index contributed by atoms with van der Waals surface area (Å²) in [6.07, 6.45) is 0. The minimum Gasteiger partial charge on any atom is -0.390 e. The molecule has 2 aromatic carbocycles. The number of hydrogen-bond acceptors (Lipinski definition) is 6.